The minimum atomic E-state index is -0.0426. The van der Waals surface area contributed by atoms with Crippen molar-refractivity contribution in [2.24, 2.45) is 34.5 Å². The summed E-state index contributed by atoms with van der Waals surface area (Å²) in [6, 6.07) is 0. The summed E-state index contributed by atoms with van der Waals surface area (Å²) < 4.78 is 11.4. The van der Waals surface area contributed by atoms with E-state index in [4.69, 9.17) is 9.47 Å². The molecule has 5 nitrogen and oxygen atoms in total. The van der Waals surface area contributed by atoms with Gasteiger partial charge in [0.15, 0.2) is 0 Å². The number of nitrogens with zero attached hydrogens (tertiary/aromatic N) is 1. The third-order valence-corrected chi connectivity index (χ3v) is 10.6. The Morgan fingerprint density at radius 1 is 1.09 bits per heavy atom. The number of hydrogen-bond donors (Lipinski definition) is 0. The van der Waals surface area contributed by atoms with Crippen LogP contribution in [0.15, 0.2) is 11.6 Å². The molecule has 1 heterocycles. The summed E-state index contributed by atoms with van der Waals surface area (Å²) in [5.41, 5.74) is 2.00. The van der Waals surface area contributed by atoms with Gasteiger partial charge in [0.05, 0.1) is 19.6 Å². The molecule has 0 aromatic rings. The van der Waals surface area contributed by atoms with Gasteiger partial charge in [-0.15, -0.1) is 0 Å². The van der Waals surface area contributed by atoms with E-state index in [2.05, 4.69) is 24.8 Å². The number of hydrogen-bond acceptors (Lipinski definition) is 5. The van der Waals surface area contributed by atoms with Gasteiger partial charge in [0.25, 0.3) is 0 Å². The van der Waals surface area contributed by atoms with E-state index < -0.39 is 0 Å². The fourth-order valence-electron chi connectivity index (χ4n) is 8.71. The van der Waals surface area contributed by atoms with Gasteiger partial charge in [-0.1, -0.05) is 25.5 Å². The van der Waals surface area contributed by atoms with Crippen LogP contribution >= 0.6 is 0 Å². The Morgan fingerprint density at radius 3 is 2.64 bits per heavy atom. The summed E-state index contributed by atoms with van der Waals surface area (Å²) in [6.07, 6.45) is 12.0. The summed E-state index contributed by atoms with van der Waals surface area (Å²) in [7, 11) is 0. The van der Waals surface area contributed by atoms with Crippen LogP contribution < -0.4 is 0 Å². The lowest BCUT2D eigenvalue weighted by Gasteiger charge is -2.58. The van der Waals surface area contributed by atoms with E-state index in [1.807, 2.05) is 6.92 Å². The minimum absolute atomic E-state index is 0.0421. The zero-order valence-electron chi connectivity index (χ0n) is 20.9. The molecular formula is C28H43NO4. The molecule has 0 N–H and O–H groups in total. The molecule has 3 saturated carbocycles. The Labute approximate surface area is 199 Å². The lowest BCUT2D eigenvalue weighted by molar-refractivity contribution is -0.152. The first kappa shape index (κ1) is 23.5. The summed E-state index contributed by atoms with van der Waals surface area (Å²) in [4.78, 5) is 27.2. The van der Waals surface area contributed by atoms with E-state index in [1.54, 1.807) is 5.57 Å². The first-order chi connectivity index (χ1) is 15.8. The Bertz CT molecular complexity index is 802. The Morgan fingerprint density at radius 2 is 1.88 bits per heavy atom. The molecule has 184 valence electrons. The molecule has 5 rings (SSSR count). The molecule has 0 aromatic heterocycles. The largest absolute Gasteiger partial charge is 0.462 e. The number of fused-ring (bicyclic) bond motifs is 5. The molecule has 1 saturated heterocycles. The van der Waals surface area contributed by atoms with E-state index in [1.165, 1.54) is 19.3 Å². The van der Waals surface area contributed by atoms with Crippen molar-refractivity contribution < 1.29 is 19.1 Å². The number of allylic oxidation sites excluding steroid dienone is 1. The number of ether oxygens (including phenoxy) is 2. The Kier molecular flexibility index (Phi) is 6.50. The molecule has 5 aliphatic rings. The standard InChI is InChI=1S/C28H43NO4/c1-19(30)23-6-7-24-22-5-4-20-18-21(33-26(31)10-13-29-14-16-32-17-15-29)8-11-27(20,2)25(22)9-12-28(23,24)3/h4,21-25H,5-18H2,1-3H3/t21-,22+,23+,24-,25+,27+,28-/m1/s1. The zero-order valence-corrected chi connectivity index (χ0v) is 20.9. The Balaban J connectivity index is 1.21. The van der Waals surface area contributed by atoms with E-state index in [0.29, 0.717) is 18.1 Å². The average molecular weight is 458 g/mol. The maximum absolute atomic E-state index is 12.5. The first-order valence-corrected chi connectivity index (χ1v) is 13.5. The lowest BCUT2D eigenvalue weighted by atomic mass is 9.47. The number of ketones is 1. The van der Waals surface area contributed by atoms with Crippen molar-refractivity contribution >= 4 is 11.8 Å². The highest BCUT2D eigenvalue weighted by Crippen LogP contribution is 2.66. The predicted molar refractivity (Wildman–Crippen MR) is 128 cm³/mol. The average Bonchev–Trinajstić information content (AvgIpc) is 3.16. The number of rotatable bonds is 5. The second-order valence-electron chi connectivity index (χ2n) is 12.1. The third-order valence-electron chi connectivity index (χ3n) is 10.6. The van der Waals surface area contributed by atoms with Gasteiger partial charge in [-0.3, -0.25) is 14.5 Å². The normalized spacial score (nSPS) is 43.1. The molecule has 1 aliphatic heterocycles. The van der Waals surface area contributed by atoms with Crippen molar-refractivity contribution in [3.63, 3.8) is 0 Å². The number of carbonyl (C=O) groups excluding carboxylic acids is 2. The van der Waals surface area contributed by atoms with Gasteiger partial charge in [0.1, 0.15) is 11.9 Å². The SMILES string of the molecule is CC(=O)[C@@H]1CC[C@@H]2[C@@H]3CC=C4C[C@H](OC(=O)CCN5CCOCC5)CC[C@]4(C)[C@H]3CC[C@@]21C. The van der Waals surface area contributed by atoms with Crippen LogP contribution in [-0.4, -0.2) is 55.6 Å². The molecule has 0 amide bonds. The van der Waals surface area contributed by atoms with E-state index >= 15 is 0 Å². The van der Waals surface area contributed by atoms with Crippen LogP contribution in [0.25, 0.3) is 0 Å². The second kappa shape index (κ2) is 9.11. The number of morpholine rings is 1. The van der Waals surface area contributed by atoms with Gasteiger partial charge < -0.3 is 9.47 Å². The zero-order chi connectivity index (χ0) is 23.2. The van der Waals surface area contributed by atoms with Gasteiger partial charge in [0.2, 0.25) is 0 Å². The summed E-state index contributed by atoms with van der Waals surface area (Å²) >= 11 is 0. The highest BCUT2D eigenvalue weighted by molar-refractivity contribution is 5.79. The summed E-state index contributed by atoms with van der Waals surface area (Å²) in [6.45, 7) is 10.9. The quantitative estimate of drug-likeness (QED) is 0.439. The molecule has 4 fully saturated rings. The molecule has 5 heteroatoms. The van der Waals surface area contributed by atoms with Crippen LogP contribution in [0.2, 0.25) is 0 Å². The maximum atomic E-state index is 12.5. The highest BCUT2D eigenvalue weighted by Gasteiger charge is 2.59. The molecule has 7 atom stereocenters. The van der Waals surface area contributed by atoms with Crippen molar-refractivity contribution in [1.82, 2.24) is 4.90 Å². The third kappa shape index (κ3) is 4.22. The molecule has 0 bridgehead atoms. The van der Waals surface area contributed by atoms with Crippen molar-refractivity contribution in [2.45, 2.75) is 84.7 Å². The monoisotopic (exact) mass is 457 g/mol. The van der Waals surface area contributed by atoms with Crippen LogP contribution in [0.5, 0.6) is 0 Å². The fraction of sp³-hybridized carbons (Fsp3) is 0.857. The molecule has 0 aromatic carbocycles. The first-order valence-electron chi connectivity index (χ1n) is 13.5. The van der Waals surface area contributed by atoms with Crippen LogP contribution in [0.3, 0.4) is 0 Å². The van der Waals surface area contributed by atoms with Gasteiger partial charge in [0, 0.05) is 32.0 Å². The molecular weight excluding hydrogens is 414 g/mol. The molecule has 0 unspecified atom stereocenters. The molecule has 33 heavy (non-hydrogen) atoms. The van der Waals surface area contributed by atoms with Crippen LogP contribution in [-0.2, 0) is 19.1 Å². The van der Waals surface area contributed by atoms with Gasteiger partial charge in [-0.25, -0.2) is 0 Å². The maximum Gasteiger partial charge on any atom is 0.307 e. The van der Waals surface area contributed by atoms with Crippen molar-refractivity contribution in [1.29, 1.82) is 0 Å². The van der Waals surface area contributed by atoms with Crippen molar-refractivity contribution in [3.8, 4) is 0 Å². The topological polar surface area (TPSA) is 55.8 Å². The number of Topliss-reactive ketones (excluding diaryl/α,β-unsaturated/α-hetero) is 1. The molecule has 4 aliphatic carbocycles. The fourth-order valence-corrected chi connectivity index (χ4v) is 8.71. The molecule has 0 radical (unpaired) electrons. The summed E-state index contributed by atoms with van der Waals surface area (Å²) in [5.74, 6) is 2.77. The van der Waals surface area contributed by atoms with E-state index in [9.17, 15) is 9.59 Å². The highest BCUT2D eigenvalue weighted by atomic mass is 16.5. The van der Waals surface area contributed by atoms with Crippen LogP contribution in [0, 0.1) is 34.5 Å². The number of carbonyl (C=O) groups is 2. The van der Waals surface area contributed by atoms with Gasteiger partial charge in [-0.2, -0.15) is 0 Å². The predicted octanol–water partition coefficient (Wildman–Crippen LogP) is 4.79. The van der Waals surface area contributed by atoms with Crippen molar-refractivity contribution in [2.75, 3.05) is 32.8 Å². The Hall–Kier alpha value is -1.20. The van der Waals surface area contributed by atoms with Crippen LogP contribution in [0.4, 0.5) is 0 Å². The molecule has 0 spiro atoms. The van der Waals surface area contributed by atoms with Gasteiger partial charge >= 0.3 is 5.97 Å². The van der Waals surface area contributed by atoms with Crippen molar-refractivity contribution in [3.05, 3.63) is 11.6 Å². The second-order valence-corrected chi connectivity index (χ2v) is 12.1. The van der Waals surface area contributed by atoms with E-state index in [0.717, 1.165) is 76.8 Å². The smallest absolute Gasteiger partial charge is 0.307 e. The van der Waals surface area contributed by atoms with E-state index in [-0.39, 0.29) is 28.8 Å². The number of esters is 1. The lowest BCUT2D eigenvalue weighted by Crippen LogP contribution is -2.51. The van der Waals surface area contributed by atoms with Gasteiger partial charge in [-0.05, 0) is 80.5 Å². The summed E-state index contributed by atoms with van der Waals surface area (Å²) in [5, 5.41) is 0. The van der Waals surface area contributed by atoms with Crippen LogP contribution in [0.1, 0.15) is 78.6 Å². The minimum Gasteiger partial charge on any atom is -0.462 e.